The van der Waals surface area contributed by atoms with Crippen LogP contribution in [0.1, 0.15) is 4.88 Å². The van der Waals surface area contributed by atoms with E-state index < -0.39 is 0 Å². The van der Waals surface area contributed by atoms with Gasteiger partial charge in [-0.3, -0.25) is 4.98 Å². The van der Waals surface area contributed by atoms with Crippen LogP contribution in [0, 0.1) is 5.82 Å². The van der Waals surface area contributed by atoms with Gasteiger partial charge in [0.2, 0.25) is 0 Å². The summed E-state index contributed by atoms with van der Waals surface area (Å²) in [4.78, 5) is 9.90. The second-order valence-corrected chi connectivity index (χ2v) is 5.64. The third-order valence-corrected chi connectivity index (χ3v) is 4.20. The summed E-state index contributed by atoms with van der Waals surface area (Å²) < 4.78 is 13.0. The molecule has 1 aromatic carbocycles. The van der Waals surface area contributed by atoms with Crippen molar-refractivity contribution in [1.82, 2.24) is 9.97 Å². The molecule has 3 nitrogen and oxygen atoms in total. The summed E-state index contributed by atoms with van der Waals surface area (Å²) in [6.45, 7) is 0.568. The predicted molar refractivity (Wildman–Crippen MR) is 83.5 cm³/mol. The number of pyridine rings is 1. The van der Waals surface area contributed by atoms with E-state index in [2.05, 4.69) is 9.97 Å². The van der Waals surface area contributed by atoms with Crippen molar-refractivity contribution in [2.75, 3.05) is 6.54 Å². The van der Waals surface area contributed by atoms with Crippen LogP contribution in [0.25, 0.3) is 22.0 Å². The van der Waals surface area contributed by atoms with Gasteiger partial charge in [-0.2, -0.15) is 0 Å². The quantitative estimate of drug-likeness (QED) is 0.802. The molecule has 2 heterocycles. The van der Waals surface area contributed by atoms with Gasteiger partial charge < -0.3 is 5.73 Å². The molecule has 0 aliphatic rings. The SMILES string of the molecule is NCCc1sc(-c2ccc(F)cn2)nc1-c1ccccc1. The average Bonchev–Trinajstić information content (AvgIpc) is 2.93. The van der Waals surface area contributed by atoms with Gasteiger partial charge in [0.15, 0.2) is 0 Å². The van der Waals surface area contributed by atoms with Crippen molar-refractivity contribution >= 4 is 11.3 Å². The molecule has 2 aromatic heterocycles. The summed E-state index contributed by atoms with van der Waals surface area (Å²) in [5.74, 6) is -0.347. The zero-order chi connectivity index (χ0) is 14.7. The highest BCUT2D eigenvalue weighted by atomic mass is 32.1. The van der Waals surface area contributed by atoms with Crippen LogP contribution in [0.15, 0.2) is 48.7 Å². The van der Waals surface area contributed by atoms with E-state index in [-0.39, 0.29) is 5.82 Å². The molecule has 0 atom stereocenters. The number of halogens is 1. The zero-order valence-corrected chi connectivity index (χ0v) is 12.1. The molecular formula is C16H14FN3S. The minimum absolute atomic E-state index is 0.347. The predicted octanol–water partition coefficient (Wildman–Crippen LogP) is 3.51. The van der Waals surface area contributed by atoms with Crippen LogP contribution in [-0.4, -0.2) is 16.5 Å². The van der Waals surface area contributed by atoms with E-state index in [0.717, 1.165) is 27.6 Å². The van der Waals surface area contributed by atoms with Crippen molar-refractivity contribution in [2.45, 2.75) is 6.42 Å². The van der Waals surface area contributed by atoms with Crippen molar-refractivity contribution in [1.29, 1.82) is 0 Å². The highest BCUT2D eigenvalue weighted by molar-refractivity contribution is 7.15. The number of thiazole rings is 1. The number of aromatic nitrogens is 2. The van der Waals surface area contributed by atoms with Crippen LogP contribution >= 0.6 is 11.3 Å². The summed E-state index contributed by atoms with van der Waals surface area (Å²) in [7, 11) is 0. The molecule has 0 bridgehead atoms. The lowest BCUT2D eigenvalue weighted by Gasteiger charge is -2.00. The second-order valence-electron chi connectivity index (χ2n) is 4.56. The van der Waals surface area contributed by atoms with Gasteiger partial charge in [0, 0.05) is 10.4 Å². The van der Waals surface area contributed by atoms with Crippen LogP contribution in [0.2, 0.25) is 0 Å². The molecule has 0 aliphatic heterocycles. The van der Waals surface area contributed by atoms with Gasteiger partial charge in [0.25, 0.3) is 0 Å². The molecule has 3 aromatic rings. The number of rotatable bonds is 4. The molecule has 106 valence electrons. The van der Waals surface area contributed by atoms with E-state index in [1.165, 1.54) is 12.3 Å². The molecule has 0 unspecified atom stereocenters. The number of nitrogens with two attached hydrogens (primary N) is 1. The molecule has 0 radical (unpaired) electrons. The van der Waals surface area contributed by atoms with Gasteiger partial charge in [-0.15, -0.1) is 11.3 Å². The van der Waals surface area contributed by atoms with Gasteiger partial charge in [-0.05, 0) is 25.1 Å². The summed E-state index contributed by atoms with van der Waals surface area (Å²) in [6, 6.07) is 13.0. The minimum atomic E-state index is -0.347. The van der Waals surface area contributed by atoms with Crippen molar-refractivity contribution in [2.24, 2.45) is 5.73 Å². The molecule has 0 fully saturated rings. The third kappa shape index (κ3) is 2.99. The van der Waals surface area contributed by atoms with Crippen molar-refractivity contribution in [3.63, 3.8) is 0 Å². The Morgan fingerprint density at radius 3 is 2.57 bits per heavy atom. The van der Waals surface area contributed by atoms with Gasteiger partial charge >= 0.3 is 0 Å². The molecule has 0 amide bonds. The zero-order valence-electron chi connectivity index (χ0n) is 11.3. The smallest absolute Gasteiger partial charge is 0.142 e. The van der Waals surface area contributed by atoms with E-state index >= 15 is 0 Å². The van der Waals surface area contributed by atoms with E-state index in [4.69, 9.17) is 5.73 Å². The second kappa shape index (κ2) is 6.11. The highest BCUT2D eigenvalue weighted by Gasteiger charge is 2.14. The molecular weight excluding hydrogens is 285 g/mol. The average molecular weight is 299 g/mol. The van der Waals surface area contributed by atoms with Crippen LogP contribution in [0.4, 0.5) is 4.39 Å². The Kier molecular flexibility index (Phi) is 4.03. The largest absolute Gasteiger partial charge is 0.330 e. The minimum Gasteiger partial charge on any atom is -0.330 e. The van der Waals surface area contributed by atoms with Crippen LogP contribution in [0.5, 0.6) is 0 Å². The monoisotopic (exact) mass is 299 g/mol. The van der Waals surface area contributed by atoms with Crippen LogP contribution < -0.4 is 5.73 Å². The summed E-state index contributed by atoms with van der Waals surface area (Å²) in [5.41, 5.74) is 8.37. The van der Waals surface area contributed by atoms with E-state index in [9.17, 15) is 4.39 Å². The lowest BCUT2D eigenvalue weighted by molar-refractivity contribution is 0.622. The molecule has 0 saturated heterocycles. The fourth-order valence-electron chi connectivity index (χ4n) is 2.09. The van der Waals surface area contributed by atoms with Crippen molar-refractivity contribution < 1.29 is 4.39 Å². The standard InChI is InChI=1S/C16H14FN3S/c17-12-6-7-13(19-10-12)16-20-15(14(21-16)8-9-18)11-4-2-1-3-5-11/h1-7,10H,8-9,18H2. The summed E-state index contributed by atoms with van der Waals surface area (Å²) in [6.07, 6.45) is 1.98. The fourth-order valence-corrected chi connectivity index (χ4v) is 3.16. The Labute approximate surface area is 126 Å². The highest BCUT2D eigenvalue weighted by Crippen LogP contribution is 2.33. The van der Waals surface area contributed by atoms with Crippen LogP contribution in [-0.2, 0) is 6.42 Å². The molecule has 0 saturated carbocycles. The molecule has 5 heteroatoms. The topological polar surface area (TPSA) is 51.8 Å². The molecule has 3 rings (SSSR count). The van der Waals surface area contributed by atoms with Gasteiger partial charge in [-0.1, -0.05) is 30.3 Å². The Morgan fingerprint density at radius 1 is 1.10 bits per heavy atom. The maximum atomic E-state index is 13.0. The number of nitrogens with zero attached hydrogens (tertiary/aromatic N) is 2. The summed E-state index contributed by atoms with van der Waals surface area (Å²) >= 11 is 1.56. The summed E-state index contributed by atoms with van der Waals surface area (Å²) in [5, 5.41) is 0.789. The number of benzene rings is 1. The Morgan fingerprint density at radius 2 is 1.90 bits per heavy atom. The first kappa shape index (κ1) is 13.9. The molecule has 21 heavy (non-hydrogen) atoms. The first-order valence-electron chi connectivity index (χ1n) is 6.65. The normalized spacial score (nSPS) is 10.8. The van der Waals surface area contributed by atoms with Gasteiger partial charge in [0.05, 0.1) is 17.6 Å². The Balaban J connectivity index is 2.06. The number of hydrogen-bond acceptors (Lipinski definition) is 4. The number of hydrogen-bond donors (Lipinski definition) is 1. The van der Waals surface area contributed by atoms with Crippen LogP contribution in [0.3, 0.4) is 0 Å². The van der Waals surface area contributed by atoms with E-state index in [0.29, 0.717) is 12.2 Å². The van der Waals surface area contributed by atoms with Crippen molar-refractivity contribution in [3.8, 4) is 22.0 Å². The fraction of sp³-hybridized carbons (Fsp3) is 0.125. The maximum absolute atomic E-state index is 13.0. The first-order chi connectivity index (χ1) is 10.3. The maximum Gasteiger partial charge on any atom is 0.142 e. The molecule has 0 aliphatic carbocycles. The van der Waals surface area contributed by atoms with Gasteiger partial charge in [-0.25, -0.2) is 9.37 Å². The Bertz CT molecular complexity index is 723. The van der Waals surface area contributed by atoms with Crippen molar-refractivity contribution in [3.05, 3.63) is 59.4 Å². The first-order valence-corrected chi connectivity index (χ1v) is 7.46. The molecule has 2 N–H and O–H groups in total. The Hall–Kier alpha value is -2.11. The van der Waals surface area contributed by atoms with Gasteiger partial charge in [0.1, 0.15) is 10.8 Å². The third-order valence-electron chi connectivity index (χ3n) is 3.06. The van der Waals surface area contributed by atoms with E-state index in [1.807, 2.05) is 30.3 Å². The molecule has 0 spiro atoms. The lowest BCUT2D eigenvalue weighted by atomic mass is 10.1. The lowest BCUT2D eigenvalue weighted by Crippen LogP contribution is -2.02. The van der Waals surface area contributed by atoms with E-state index in [1.54, 1.807) is 17.4 Å².